The Morgan fingerprint density at radius 2 is 1.73 bits per heavy atom. The van der Waals surface area contributed by atoms with E-state index in [1.54, 1.807) is 7.11 Å². The molecule has 1 aromatic heterocycles. The van der Waals surface area contributed by atoms with Crippen LogP contribution in [0, 0.1) is 0 Å². The number of ether oxygens (including phenoxy) is 1. The van der Waals surface area contributed by atoms with Crippen LogP contribution < -0.4 is 10.4 Å². The van der Waals surface area contributed by atoms with Crippen LogP contribution in [0.4, 0.5) is 0 Å². The molecule has 0 spiro atoms. The van der Waals surface area contributed by atoms with Gasteiger partial charge in [0.25, 0.3) is 0 Å². The summed E-state index contributed by atoms with van der Waals surface area (Å²) in [6, 6.07) is 17.0. The molecule has 0 saturated heterocycles. The van der Waals surface area contributed by atoms with Gasteiger partial charge in [0.1, 0.15) is 5.75 Å². The molecule has 0 fully saturated rings. The molecule has 0 amide bonds. The normalized spacial score (nSPS) is 10.6. The molecule has 6 heteroatoms. The Hall–Kier alpha value is -2.89. The van der Waals surface area contributed by atoms with Crippen molar-refractivity contribution in [2.45, 2.75) is 13.0 Å². The lowest BCUT2D eigenvalue weighted by Crippen LogP contribution is -2.25. The molecule has 1 heterocycles. The van der Waals surface area contributed by atoms with E-state index in [1.807, 2.05) is 54.6 Å². The van der Waals surface area contributed by atoms with Gasteiger partial charge < -0.3 is 4.74 Å². The van der Waals surface area contributed by atoms with Crippen LogP contribution in [-0.2, 0) is 13.0 Å². The average molecular weight is 296 g/mol. The molecule has 112 valence electrons. The first-order valence-corrected chi connectivity index (χ1v) is 6.99. The summed E-state index contributed by atoms with van der Waals surface area (Å²) in [7, 11) is 1.64. The van der Waals surface area contributed by atoms with Gasteiger partial charge in [-0.1, -0.05) is 30.3 Å². The standard InChI is InChI=1S/C16H16N4O2/c1-22-15-9-7-13(8-10-15)11-12-19-16(21)20(18-17-19)14-5-3-2-4-6-14/h2-10H,11-12H2,1H3. The predicted molar refractivity (Wildman–Crippen MR) is 82.3 cm³/mol. The number of hydrogen-bond acceptors (Lipinski definition) is 4. The van der Waals surface area contributed by atoms with E-state index in [0.29, 0.717) is 18.7 Å². The summed E-state index contributed by atoms with van der Waals surface area (Å²) in [5.41, 5.74) is 1.59. The number of nitrogens with zero attached hydrogens (tertiary/aromatic N) is 4. The Morgan fingerprint density at radius 3 is 2.41 bits per heavy atom. The molecule has 0 aliphatic rings. The van der Waals surface area contributed by atoms with E-state index in [1.165, 1.54) is 9.36 Å². The molecule has 22 heavy (non-hydrogen) atoms. The molecule has 0 radical (unpaired) electrons. The van der Waals surface area contributed by atoms with Gasteiger partial charge in [-0.05, 0) is 46.7 Å². The smallest absolute Gasteiger partial charge is 0.368 e. The minimum absolute atomic E-state index is 0.236. The summed E-state index contributed by atoms with van der Waals surface area (Å²) in [6.07, 6.45) is 0.706. The Morgan fingerprint density at radius 1 is 1.00 bits per heavy atom. The second-order valence-corrected chi connectivity index (χ2v) is 4.83. The van der Waals surface area contributed by atoms with Crippen LogP contribution in [0.3, 0.4) is 0 Å². The SMILES string of the molecule is COc1ccc(CCn2nnn(-c3ccccc3)c2=O)cc1. The molecule has 0 atom stereocenters. The first-order chi connectivity index (χ1) is 10.8. The van der Waals surface area contributed by atoms with Gasteiger partial charge in [0.15, 0.2) is 0 Å². The summed E-state index contributed by atoms with van der Waals surface area (Å²) in [5.74, 6) is 0.816. The van der Waals surface area contributed by atoms with Gasteiger partial charge in [-0.25, -0.2) is 4.79 Å². The molecule has 0 aliphatic carbocycles. The lowest BCUT2D eigenvalue weighted by Gasteiger charge is -2.02. The summed E-state index contributed by atoms with van der Waals surface area (Å²) in [5, 5.41) is 7.86. The molecule has 0 saturated carbocycles. The Labute approximate surface area is 127 Å². The fourth-order valence-electron chi connectivity index (χ4n) is 2.17. The highest BCUT2D eigenvalue weighted by Gasteiger charge is 2.08. The van der Waals surface area contributed by atoms with Crippen molar-refractivity contribution in [3.63, 3.8) is 0 Å². The maximum Gasteiger partial charge on any atom is 0.368 e. The van der Waals surface area contributed by atoms with E-state index < -0.39 is 0 Å². The summed E-state index contributed by atoms with van der Waals surface area (Å²) in [6.45, 7) is 0.484. The molecular weight excluding hydrogens is 280 g/mol. The van der Waals surface area contributed by atoms with Crippen LogP contribution >= 0.6 is 0 Å². The number of methoxy groups -OCH3 is 1. The van der Waals surface area contributed by atoms with Gasteiger partial charge in [-0.15, -0.1) is 0 Å². The highest BCUT2D eigenvalue weighted by atomic mass is 16.5. The minimum atomic E-state index is -0.236. The van der Waals surface area contributed by atoms with Crippen LogP contribution in [0.15, 0.2) is 59.4 Å². The molecule has 0 bridgehead atoms. The van der Waals surface area contributed by atoms with Crippen LogP contribution in [0.2, 0.25) is 0 Å². The lowest BCUT2D eigenvalue weighted by molar-refractivity contribution is 0.414. The third-order valence-corrected chi connectivity index (χ3v) is 3.41. The highest BCUT2D eigenvalue weighted by Crippen LogP contribution is 2.11. The van der Waals surface area contributed by atoms with Crippen LogP contribution in [-0.4, -0.2) is 26.9 Å². The van der Waals surface area contributed by atoms with Gasteiger partial charge in [0.05, 0.1) is 19.3 Å². The van der Waals surface area contributed by atoms with E-state index in [9.17, 15) is 4.79 Å². The minimum Gasteiger partial charge on any atom is -0.497 e. The highest BCUT2D eigenvalue weighted by molar-refractivity contribution is 5.29. The zero-order valence-corrected chi connectivity index (χ0v) is 12.2. The predicted octanol–water partition coefficient (Wildman–Crippen LogP) is 1.68. The zero-order valence-electron chi connectivity index (χ0n) is 12.2. The number of para-hydroxylation sites is 1. The Kier molecular flexibility index (Phi) is 4.00. The molecule has 3 aromatic rings. The number of aryl methyl sites for hydroxylation is 2. The first kappa shape index (κ1) is 14.1. The Balaban J connectivity index is 1.73. The Bertz CT molecular complexity index is 791. The van der Waals surface area contributed by atoms with Crippen LogP contribution in [0.5, 0.6) is 5.75 Å². The maximum atomic E-state index is 12.3. The number of benzene rings is 2. The third-order valence-electron chi connectivity index (χ3n) is 3.41. The van der Waals surface area contributed by atoms with E-state index in [-0.39, 0.29) is 5.69 Å². The molecule has 2 aromatic carbocycles. The van der Waals surface area contributed by atoms with Gasteiger partial charge in [-0.3, -0.25) is 0 Å². The quantitative estimate of drug-likeness (QED) is 0.718. The largest absolute Gasteiger partial charge is 0.497 e. The van der Waals surface area contributed by atoms with Crippen molar-refractivity contribution < 1.29 is 4.74 Å². The van der Waals surface area contributed by atoms with E-state index >= 15 is 0 Å². The fourth-order valence-corrected chi connectivity index (χ4v) is 2.17. The number of aromatic nitrogens is 4. The van der Waals surface area contributed by atoms with Gasteiger partial charge in [0.2, 0.25) is 0 Å². The molecule has 3 rings (SSSR count). The van der Waals surface area contributed by atoms with Gasteiger partial charge in [0, 0.05) is 0 Å². The van der Waals surface area contributed by atoms with Crippen LogP contribution in [0.1, 0.15) is 5.56 Å². The number of hydrogen-bond donors (Lipinski definition) is 0. The van der Waals surface area contributed by atoms with Crippen LogP contribution in [0.25, 0.3) is 5.69 Å². The number of rotatable bonds is 5. The second kappa shape index (κ2) is 6.26. The zero-order chi connectivity index (χ0) is 15.4. The van der Waals surface area contributed by atoms with E-state index in [2.05, 4.69) is 10.4 Å². The van der Waals surface area contributed by atoms with Crippen molar-refractivity contribution in [1.29, 1.82) is 0 Å². The molecule has 0 aliphatic heterocycles. The van der Waals surface area contributed by atoms with Crippen molar-refractivity contribution in [3.05, 3.63) is 70.6 Å². The lowest BCUT2D eigenvalue weighted by atomic mass is 10.1. The summed E-state index contributed by atoms with van der Waals surface area (Å²) < 4.78 is 7.79. The van der Waals surface area contributed by atoms with Crippen molar-refractivity contribution in [1.82, 2.24) is 19.8 Å². The monoisotopic (exact) mass is 296 g/mol. The molecule has 6 nitrogen and oxygen atoms in total. The van der Waals surface area contributed by atoms with Crippen molar-refractivity contribution in [2.75, 3.05) is 7.11 Å². The second-order valence-electron chi connectivity index (χ2n) is 4.83. The third kappa shape index (κ3) is 2.90. The van der Waals surface area contributed by atoms with Gasteiger partial charge >= 0.3 is 5.69 Å². The molecule has 0 unspecified atom stereocenters. The average Bonchev–Trinajstić information content (AvgIpc) is 2.95. The van der Waals surface area contributed by atoms with Crippen molar-refractivity contribution in [3.8, 4) is 11.4 Å². The number of tetrazole rings is 1. The topological polar surface area (TPSA) is 61.9 Å². The fraction of sp³-hybridized carbons (Fsp3) is 0.188. The van der Waals surface area contributed by atoms with E-state index in [4.69, 9.17) is 4.74 Å². The summed E-state index contributed by atoms with van der Waals surface area (Å²) in [4.78, 5) is 12.3. The molecule has 0 N–H and O–H groups in total. The maximum absolute atomic E-state index is 12.3. The van der Waals surface area contributed by atoms with Crippen molar-refractivity contribution >= 4 is 0 Å². The first-order valence-electron chi connectivity index (χ1n) is 6.99. The van der Waals surface area contributed by atoms with Crippen molar-refractivity contribution in [2.24, 2.45) is 0 Å². The van der Waals surface area contributed by atoms with E-state index in [0.717, 1.165) is 11.3 Å². The summed E-state index contributed by atoms with van der Waals surface area (Å²) >= 11 is 0. The molecular formula is C16H16N4O2. The van der Waals surface area contributed by atoms with Gasteiger partial charge in [-0.2, -0.15) is 9.36 Å².